The van der Waals surface area contributed by atoms with Crippen LogP contribution in [0.4, 0.5) is 8.78 Å². The number of amides is 1. The van der Waals surface area contributed by atoms with Crippen molar-refractivity contribution in [2.24, 2.45) is 0 Å². The summed E-state index contributed by atoms with van der Waals surface area (Å²) in [5.74, 6) is -1.15. The molecule has 1 heterocycles. The van der Waals surface area contributed by atoms with Crippen LogP contribution >= 0.6 is 27.5 Å². The quantitative estimate of drug-likeness (QED) is 0.567. The number of carbonyl (C=O) groups is 1. The molecule has 0 bridgehead atoms. The molecule has 3 rings (SSSR count). The van der Waals surface area contributed by atoms with Crippen molar-refractivity contribution in [1.29, 1.82) is 0 Å². The lowest BCUT2D eigenvalue weighted by molar-refractivity contribution is 0.0953. The first-order valence-electron chi connectivity index (χ1n) is 8.01. The van der Waals surface area contributed by atoms with E-state index in [4.69, 9.17) is 16.1 Å². The van der Waals surface area contributed by atoms with Gasteiger partial charge in [0, 0.05) is 6.54 Å². The van der Waals surface area contributed by atoms with Crippen LogP contribution < -0.4 is 5.32 Å². The summed E-state index contributed by atoms with van der Waals surface area (Å²) >= 11 is 9.20. The minimum Gasteiger partial charge on any atom is -0.360 e. The molecular weight excluding hydrogens is 442 g/mol. The molecule has 0 spiro atoms. The van der Waals surface area contributed by atoms with E-state index in [1.807, 2.05) is 0 Å². The number of nitrogens with zero attached hydrogens (tertiary/aromatic N) is 1. The van der Waals surface area contributed by atoms with Crippen molar-refractivity contribution < 1.29 is 18.1 Å². The Kier molecular flexibility index (Phi) is 5.92. The van der Waals surface area contributed by atoms with Crippen LogP contribution in [0.5, 0.6) is 0 Å². The fraction of sp³-hybridized carbons (Fsp3) is 0.158. The normalized spacial score (nSPS) is 10.9. The first-order chi connectivity index (χ1) is 12.9. The Hall–Kier alpha value is -2.25. The first-order valence-corrected chi connectivity index (χ1v) is 9.18. The standard InChI is InChI=1S/C19H14BrClF2N2O2/c1-10-16(18(25-27-10)17-13(21)3-2-4-15(17)23)19(26)24-8-7-11-5-6-14(22)12(20)9-11/h2-6,9H,7-8H2,1H3,(H,24,26). The van der Waals surface area contributed by atoms with Gasteiger partial charge in [-0.3, -0.25) is 4.79 Å². The Morgan fingerprint density at radius 2 is 2.04 bits per heavy atom. The van der Waals surface area contributed by atoms with Crippen molar-refractivity contribution in [1.82, 2.24) is 10.5 Å². The van der Waals surface area contributed by atoms with Gasteiger partial charge in [0.25, 0.3) is 5.91 Å². The third-order valence-corrected chi connectivity index (χ3v) is 4.90. The Morgan fingerprint density at radius 1 is 1.26 bits per heavy atom. The Balaban J connectivity index is 1.77. The van der Waals surface area contributed by atoms with Crippen LogP contribution in [0, 0.1) is 18.6 Å². The van der Waals surface area contributed by atoms with Crippen LogP contribution in [0.2, 0.25) is 5.02 Å². The van der Waals surface area contributed by atoms with Gasteiger partial charge in [0.05, 0.1) is 15.1 Å². The zero-order valence-corrected chi connectivity index (χ0v) is 16.5. The molecule has 27 heavy (non-hydrogen) atoms. The molecule has 0 saturated heterocycles. The van der Waals surface area contributed by atoms with Gasteiger partial charge in [-0.25, -0.2) is 8.78 Å². The number of benzene rings is 2. The Bertz CT molecular complexity index is 987. The van der Waals surface area contributed by atoms with Gasteiger partial charge in [-0.15, -0.1) is 0 Å². The molecule has 0 atom stereocenters. The van der Waals surface area contributed by atoms with Gasteiger partial charge in [-0.1, -0.05) is 28.9 Å². The van der Waals surface area contributed by atoms with Gasteiger partial charge in [0.1, 0.15) is 28.7 Å². The summed E-state index contributed by atoms with van der Waals surface area (Å²) in [4.78, 5) is 12.6. The zero-order chi connectivity index (χ0) is 19.6. The molecule has 0 radical (unpaired) electrons. The highest BCUT2D eigenvalue weighted by atomic mass is 79.9. The van der Waals surface area contributed by atoms with Crippen LogP contribution in [-0.2, 0) is 6.42 Å². The molecule has 2 aromatic carbocycles. The molecule has 0 unspecified atom stereocenters. The SMILES string of the molecule is Cc1onc(-c2c(F)cccc2Cl)c1C(=O)NCCc1ccc(F)c(Br)c1. The van der Waals surface area contributed by atoms with Gasteiger partial charge in [-0.05, 0) is 59.1 Å². The van der Waals surface area contributed by atoms with Gasteiger partial charge in [0.15, 0.2) is 0 Å². The molecular formula is C19H14BrClF2N2O2. The van der Waals surface area contributed by atoms with E-state index in [-0.39, 0.29) is 33.4 Å². The number of aryl methyl sites for hydroxylation is 1. The monoisotopic (exact) mass is 454 g/mol. The predicted octanol–water partition coefficient (Wildman–Crippen LogP) is 5.32. The van der Waals surface area contributed by atoms with E-state index in [2.05, 4.69) is 26.4 Å². The molecule has 1 amide bonds. The van der Waals surface area contributed by atoms with Crippen molar-refractivity contribution in [3.05, 3.63) is 74.4 Å². The summed E-state index contributed by atoms with van der Waals surface area (Å²) < 4.78 is 32.9. The van der Waals surface area contributed by atoms with Crippen molar-refractivity contribution >= 4 is 33.4 Å². The average Bonchev–Trinajstić information content (AvgIpc) is 2.99. The minimum absolute atomic E-state index is 0.0173. The Labute approximate surface area is 167 Å². The minimum atomic E-state index is -0.596. The van der Waals surface area contributed by atoms with Crippen molar-refractivity contribution in [2.75, 3.05) is 6.54 Å². The van der Waals surface area contributed by atoms with Gasteiger partial charge in [0.2, 0.25) is 0 Å². The number of nitrogens with one attached hydrogen (secondary N) is 1. The summed E-state index contributed by atoms with van der Waals surface area (Å²) in [5.41, 5.74) is 1.05. The molecule has 1 N–H and O–H groups in total. The molecule has 1 aromatic heterocycles. The third-order valence-electron chi connectivity index (χ3n) is 3.97. The van der Waals surface area contributed by atoms with Crippen LogP contribution in [0.25, 0.3) is 11.3 Å². The molecule has 0 aliphatic rings. The van der Waals surface area contributed by atoms with E-state index in [1.165, 1.54) is 24.3 Å². The maximum atomic E-state index is 14.2. The average molecular weight is 456 g/mol. The lowest BCUT2D eigenvalue weighted by atomic mass is 10.0. The maximum absolute atomic E-state index is 14.2. The molecule has 0 aliphatic carbocycles. The molecule has 0 saturated carbocycles. The highest BCUT2D eigenvalue weighted by molar-refractivity contribution is 9.10. The molecule has 4 nitrogen and oxygen atoms in total. The lowest BCUT2D eigenvalue weighted by Crippen LogP contribution is -2.26. The maximum Gasteiger partial charge on any atom is 0.257 e. The molecule has 0 aliphatic heterocycles. The summed E-state index contributed by atoms with van der Waals surface area (Å²) in [6.45, 7) is 1.86. The van der Waals surface area contributed by atoms with Crippen LogP contribution in [0.1, 0.15) is 21.7 Å². The molecule has 140 valence electrons. The lowest BCUT2D eigenvalue weighted by Gasteiger charge is -2.08. The molecule has 3 aromatic rings. The second-order valence-corrected chi connectivity index (χ2v) is 7.07. The predicted molar refractivity (Wildman–Crippen MR) is 102 cm³/mol. The summed E-state index contributed by atoms with van der Waals surface area (Å²) in [6.07, 6.45) is 0.491. The summed E-state index contributed by atoms with van der Waals surface area (Å²) in [6, 6.07) is 8.86. The van der Waals surface area contributed by atoms with E-state index in [0.717, 1.165) is 5.56 Å². The van der Waals surface area contributed by atoms with Crippen molar-refractivity contribution in [3.8, 4) is 11.3 Å². The van der Waals surface area contributed by atoms with Gasteiger partial charge in [-0.2, -0.15) is 0 Å². The summed E-state index contributed by atoms with van der Waals surface area (Å²) in [7, 11) is 0. The number of hydrogen-bond donors (Lipinski definition) is 1. The first kappa shape index (κ1) is 19.5. The smallest absolute Gasteiger partial charge is 0.257 e. The molecule has 8 heteroatoms. The number of aromatic nitrogens is 1. The topological polar surface area (TPSA) is 55.1 Å². The zero-order valence-electron chi connectivity index (χ0n) is 14.2. The van der Waals surface area contributed by atoms with E-state index >= 15 is 0 Å². The fourth-order valence-corrected chi connectivity index (χ4v) is 3.32. The number of carbonyl (C=O) groups excluding carboxylic acids is 1. The third kappa shape index (κ3) is 4.20. The van der Waals surface area contributed by atoms with E-state index in [0.29, 0.717) is 17.4 Å². The second kappa shape index (κ2) is 8.19. The van der Waals surface area contributed by atoms with Crippen molar-refractivity contribution in [2.45, 2.75) is 13.3 Å². The van der Waals surface area contributed by atoms with E-state index in [1.54, 1.807) is 19.1 Å². The van der Waals surface area contributed by atoms with Crippen LogP contribution in [0.15, 0.2) is 45.4 Å². The second-order valence-electron chi connectivity index (χ2n) is 5.81. The van der Waals surface area contributed by atoms with Crippen LogP contribution in [0.3, 0.4) is 0 Å². The largest absolute Gasteiger partial charge is 0.360 e. The van der Waals surface area contributed by atoms with Gasteiger partial charge < -0.3 is 9.84 Å². The summed E-state index contributed by atoms with van der Waals surface area (Å²) in [5, 5.41) is 6.69. The van der Waals surface area contributed by atoms with Crippen molar-refractivity contribution in [3.63, 3.8) is 0 Å². The molecule has 0 fully saturated rings. The fourth-order valence-electron chi connectivity index (χ4n) is 2.64. The highest BCUT2D eigenvalue weighted by Crippen LogP contribution is 2.33. The number of rotatable bonds is 5. The van der Waals surface area contributed by atoms with Crippen LogP contribution in [-0.4, -0.2) is 17.6 Å². The van der Waals surface area contributed by atoms with E-state index in [9.17, 15) is 13.6 Å². The number of hydrogen-bond acceptors (Lipinski definition) is 3. The van der Waals surface area contributed by atoms with Gasteiger partial charge >= 0.3 is 0 Å². The Morgan fingerprint density at radius 3 is 2.74 bits per heavy atom. The van der Waals surface area contributed by atoms with E-state index < -0.39 is 11.7 Å². The highest BCUT2D eigenvalue weighted by Gasteiger charge is 2.25. The number of halogens is 4.